The van der Waals surface area contributed by atoms with Crippen LogP contribution in [0.25, 0.3) is 0 Å². The number of carbonyl (C=O) groups is 3. The van der Waals surface area contributed by atoms with Crippen LogP contribution >= 0.6 is 11.3 Å². The van der Waals surface area contributed by atoms with Crippen molar-refractivity contribution in [2.75, 3.05) is 11.9 Å². The predicted molar refractivity (Wildman–Crippen MR) is 101 cm³/mol. The predicted octanol–water partition coefficient (Wildman–Crippen LogP) is 3.14. The van der Waals surface area contributed by atoms with Gasteiger partial charge < -0.3 is 15.4 Å². The van der Waals surface area contributed by atoms with Gasteiger partial charge in [0.05, 0.1) is 0 Å². The van der Waals surface area contributed by atoms with Gasteiger partial charge in [0.15, 0.2) is 6.10 Å². The standard InChI is InChI=1S/C19H22N2O4S/c1-13-6-3-4-7-16(13)21-18(23)14(2)25-17(22)8-5-10-20-19(24)15-9-11-26-12-15/h3-4,6-7,9,11-12,14H,5,8,10H2,1-2H3,(H,20,24)(H,21,23). The van der Waals surface area contributed by atoms with Crippen molar-refractivity contribution >= 4 is 34.8 Å². The Labute approximate surface area is 156 Å². The van der Waals surface area contributed by atoms with Gasteiger partial charge in [0.1, 0.15) is 0 Å². The number of ether oxygens (including phenoxy) is 1. The van der Waals surface area contributed by atoms with Gasteiger partial charge in [-0.3, -0.25) is 14.4 Å². The molecule has 0 bridgehead atoms. The Morgan fingerprint density at radius 2 is 1.96 bits per heavy atom. The van der Waals surface area contributed by atoms with Crippen LogP contribution in [0.1, 0.15) is 35.7 Å². The highest BCUT2D eigenvalue weighted by Crippen LogP contribution is 2.14. The zero-order valence-corrected chi connectivity index (χ0v) is 15.6. The van der Waals surface area contributed by atoms with Crippen LogP contribution in [-0.2, 0) is 14.3 Å². The second kappa shape index (κ2) is 9.72. The van der Waals surface area contributed by atoms with Crippen molar-refractivity contribution in [2.45, 2.75) is 32.8 Å². The molecule has 0 radical (unpaired) electrons. The summed E-state index contributed by atoms with van der Waals surface area (Å²) in [4.78, 5) is 35.7. The maximum absolute atomic E-state index is 12.1. The molecule has 6 nitrogen and oxygen atoms in total. The van der Waals surface area contributed by atoms with Crippen LogP contribution < -0.4 is 10.6 Å². The van der Waals surface area contributed by atoms with Crippen LogP contribution in [0.5, 0.6) is 0 Å². The molecule has 1 unspecified atom stereocenters. The molecule has 2 aromatic rings. The van der Waals surface area contributed by atoms with Crippen LogP contribution in [0.15, 0.2) is 41.1 Å². The normalized spacial score (nSPS) is 11.5. The van der Waals surface area contributed by atoms with Crippen molar-refractivity contribution in [3.63, 3.8) is 0 Å². The smallest absolute Gasteiger partial charge is 0.306 e. The molecule has 1 heterocycles. The van der Waals surface area contributed by atoms with Gasteiger partial charge in [-0.05, 0) is 43.3 Å². The molecular weight excluding hydrogens is 352 g/mol. The minimum Gasteiger partial charge on any atom is -0.453 e. The average Bonchev–Trinajstić information content (AvgIpc) is 3.15. The molecule has 26 heavy (non-hydrogen) atoms. The van der Waals surface area contributed by atoms with E-state index in [1.165, 1.54) is 18.3 Å². The summed E-state index contributed by atoms with van der Waals surface area (Å²) in [6.45, 7) is 3.79. The first-order valence-electron chi connectivity index (χ1n) is 8.33. The molecule has 0 aliphatic heterocycles. The number of benzene rings is 1. The summed E-state index contributed by atoms with van der Waals surface area (Å²) in [7, 11) is 0. The summed E-state index contributed by atoms with van der Waals surface area (Å²) in [6.07, 6.45) is -0.310. The summed E-state index contributed by atoms with van der Waals surface area (Å²) in [5.74, 6) is -1.01. The van der Waals surface area contributed by atoms with Gasteiger partial charge in [0.25, 0.3) is 11.8 Å². The van der Waals surface area contributed by atoms with Crippen molar-refractivity contribution < 1.29 is 19.1 Å². The molecule has 2 N–H and O–H groups in total. The molecule has 0 aliphatic carbocycles. The minimum absolute atomic E-state index is 0.131. The third-order valence-corrected chi connectivity index (χ3v) is 4.39. The number of anilines is 1. The highest BCUT2D eigenvalue weighted by molar-refractivity contribution is 7.08. The van der Waals surface area contributed by atoms with Crippen LogP contribution in [0.4, 0.5) is 5.69 Å². The number of carbonyl (C=O) groups excluding carboxylic acids is 3. The van der Waals surface area contributed by atoms with Crippen LogP contribution in [0.3, 0.4) is 0 Å². The lowest BCUT2D eigenvalue weighted by molar-refractivity contribution is -0.153. The SMILES string of the molecule is Cc1ccccc1NC(=O)C(C)OC(=O)CCCNC(=O)c1ccsc1. The number of para-hydroxylation sites is 1. The van der Waals surface area contributed by atoms with Crippen molar-refractivity contribution in [1.82, 2.24) is 5.32 Å². The van der Waals surface area contributed by atoms with Gasteiger partial charge in [-0.15, -0.1) is 0 Å². The number of hydrogen-bond donors (Lipinski definition) is 2. The number of hydrogen-bond acceptors (Lipinski definition) is 5. The first kappa shape index (κ1) is 19.7. The Morgan fingerprint density at radius 1 is 1.19 bits per heavy atom. The number of thiophene rings is 1. The van der Waals surface area contributed by atoms with E-state index in [1.54, 1.807) is 17.5 Å². The van der Waals surface area contributed by atoms with E-state index < -0.39 is 12.1 Å². The molecule has 1 aromatic heterocycles. The van der Waals surface area contributed by atoms with Crippen LogP contribution in [-0.4, -0.2) is 30.4 Å². The first-order chi connectivity index (χ1) is 12.5. The Kier molecular flexibility index (Phi) is 7.35. The van der Waals surface area contributed by atoms with Gasteiger partial charge in [-0.25, -0.2) is 0 Å². The van der Waals surface area contributed by atoms with E-state index in [0.717, 1.165) is 5.56 Å². The van der Waals surface area contributed by atoms with Crippen LogP contribution in [0.2, 0.25) is 0 Å². The molecule has 0 saturated heterocycles. The summed E-state index contributed by atoms with van der Waals surface area (Å²) < 4.78 is 5.14. The van der Waals surface area contributed by atoms with E-state index in [0.29, 0.717) is 24.2 Å². The number of aryl methyl sites for hydroxylation is 1. The fourth-order valence-electron chi connectivity index (χ4n) is 2.19. The van der Waals surface area contributed by atoms with E-state index in [-0.39, 0.29) is 18.2 Å². The summed E-state index contributed by atoms with van der Waals surface area (Å²) in [6, 6.07) is 9.12. The molecule has 0 aliphatic rings. The maximum atomic E-state index is 12.1. The Morgan fingerprint density at radius 3 is 2.65 bits per heavy atom. The van der Waals surface area contributed by atoms with E-state index in [9.17, 15) is 14.4 Å². The van der Waals surface area contributed by atoms with Crippen molar-refractivity contribution in [3.8, 4) is 0 Å². The van der Waals surface area contributed by atoms with Crippen molar-refractivity contribution in [1.29, 1.82) is 0 Å². The Hall–Kier alpha value is -2.67. The van der Waals surface area contributed by atoms with E-state index in [2.05, 4.69) is 10.6 Å². The number of amides is 2. The van der Waals surface area contributed by atoms with E-state index >= 15 is 0 Å². The maximum Gasteiger partial charge on any atom is 0.306 e. The molecular formula is C19H22N2O4S. The molecule has 7 heteroatoms. The molecule has 2 rings (SSSR count). The highest BCUT2D eigenvalue weighted by atomic mass is 32.1. The minimum atomic E-state index is -0.887. The number of nitrogens with one attached hydrogen (secondary N) is 2. The second-order valence-corrected chi connectivity index (χ2v) is 6.59. The van der Waals surface area contributed by atoms with Gasteiger partial charge >= 0.3 is 5.97 Å². The van der Waals surface area contributed by atoms with E-state index in [1.807, 2.05) is 30.5 Å². The molecule has 1 aromatic carbocycles. The Bertz CT molecular complexity index is 759. The molecule has 138 valence electrons. The highest BCUT2D eigenvalue weighted by Gasteiger charge is 2.18. The molecule has 0 fully saturated rings. The molecule has 2 amide bonds. The average molecular weight is 374 g/mol. The summed E-state index contributed by atoms with van der Waals surface area (Å²) in [5, 5.41) is 9.07. The number of esters is 1. The topological polar surface area (TPSA) is 84.5 Å². The zero-order chi connectivity index (χ0) is 18.9. The lowest BCUT2D eigenvalue weighted by Gasteiger charge is -2.14. The third-order valence-electron chi connectivity index (χ3n) is 3.71. The monoisotopic (exact) mass is 374 g/mol. The van der Waals surface area contributed by atoms with Crippen molar-refractivity contribution in [2.24, 2.45) is 0 Å². The summed E-state index contributed by atoms with van der Waals surface area (Å²) in [5.41, 5.74) is 2.23. The van der Waals surface area contributed by atoms with Gasteiger partial charge in [-0.2, -0.15) is 11.3 Å². The van der Waals surface area contributed by atoms with Crippen molar-refractivity contribution in [3.05, 3.63) is 52.2 Å². The first-order valence-corrected chi connectivity index (χ1v) is 9.28. The molecule has 1 atom stereocenters. The lowest BCUT2D eigenvalue weighted by atomic mass is 10.2. The number of rotatable bonds is 8. The largest absolute Gasteiger partial charge is 0.453 e. The molecule has 0 spiro atoms. The quantitative estimate of drug-likeness (QED) is 0.549. The zero-order valence-electron chi connectivity index (χ0n) is 14.8. The fraction of sp³-hybridized carbons (Fsp3) is 0.316. The van der Waals surface area contributed by atoms with Crippen LogP contribution in [0, 0.1) is 6.92 Å². The van der Waals surface area contributed by atoms with Gasteiger partial charge in [-0.1, -0.05) is 18.2 Å². The van der Waals surface area contributed by atoms with Gasteiger partial charge in [0.2, 0.25) is 0 Å². The molecule has 0 saturated carbocycles. The fourth-order valence-corrected chi connectivity index (χ4v) is 2.82. The Balaban J connectivity index is 1.67. The lowest BCUT2D eigenvalue weighted by Crippen LogP contribution is -2.30. The second-order valence-electron chi connectivity index (χ2n) is 5.81. The summed E-state index contributed by atoms with van der Waals surface area (Å²) >= 11 is 1.45. The van der Waals surface area contributed by atoms with Gasteiger partial charge in [0, 0.05) is 29.6 Å². The van der Waals surface area contributed by atoms with E-state index in [4.69, 9.17) is 4.74 Å². The third kappa shape index (κ3) is 6.00.